The van der Waals surface area contributed by atoms with Crippen LogP contribution in [-0.2, 0) is 43.5 Å². The Morgan fingerprint density at radius 2 is 1.13 bits per heavy atom. The van der Waals surface area contributed by atoms with Gasteiger partial charge in [-0.05, 0) is 29.5 Å². The maximum absolute atomic E-state index is 10.3. The molecule has 1 saturated heterocycles. The van der Waals surface area contributed by atoms with Crippen LogP contribution in [0.1, 0.15) is 29.5 Å². The van der Waals surface area contributed by atoms with Crippen molar-refractivity contribution in [2.24, 2.45) is 0 Å². The highest BCUT2D eigenvalue weighted by atomic mass is 16.7. The van der Waals surface area contributed by atoms with Crippen LogP contribution in [0.25, 0.3) is 0 Å². The minimum atomic E-state index is -0.724. The molecule has 1 aliphatic rings. The van der Waals surface area contributed by atoms with Gasteiger partial charge in [0.15, 0.2) is 6.29 Å². The van der Waals surface area contributed by atoms with Crippen molar-refractivity contribution in [3.05, 3.63) is 120 Å². The molecule has 6 nitrogen and oxygen atoms in total. The fourth-order valence-corrected chi connectivity index (χ4v) is 4.45. The van der Waals surface area contributed by atoms with E-state index in [1.807, 2.05) is 97.1 Å². The van der Waals surface area contributed by atoms with E-state index in [1.54, 1.807) is 0 Å². The number of rotatable bonds is 15. The summed E-state index contributed by atoms with van der Waals surface area (Å²) >= 11 is 0. The van der Waals surface area contributed by atoms with Gasteiger partial charge in [0.1, 0.15) is 24.4 Å². The van der Waals surface area contributed by atoms with E-state index in [-0.39, 0.29) is 6.61 Å². The van der Waals surface area contributed by atoms with Gasteiger partial charge in [-0.15, -0.1) is 6.58 Å². The molecule has 3 aromatic carbocycles. The lowest BCUT2D eigenvalue weighted by Gasteiger charge is -2.45. The Kier molecular flexibility index (Phi) is 11.5. The summed E-state index contributed by atoms with van der Waals surface area (Å²) in [6, 6.07) is 29.9. The summed E-state index contributed by atoms with van der Waals surface area (Å²) in [4.78, 5) is 0. The van der Waals surface area contributed by atoms with Crippen LogP contribution in [0.4, 0.5) is 0 Å². The van der Waals surface area contributed by atoms with Crippen LogP contribution < -0.4 is 0 Å². The molecule has 1 N–H and O–H groups in total. The number of hydrogen-bond acceptors (Lipinski definition) is 6. The van der Waals surface area contributed by atoms with Gasteiger partial charge >= 0.3 is 0 Å². The van der Waals surface area contributed by atoms with Crippen molar-refractivity contribution in [3.63, 3.8) is 0 Å². The predicted octanol–water partition coefficient (Wildman–Crippen LogP) is 5.44. The molecule has 0 bridgehead atoms. The Morgan fingerprint density at radius 3 is 1.61 bits per heavy atom. The third-order valence-electron chi connectivity index (χ3n) is 6.46. The second-order valence-electron chi connectivity index (χ2n) is 9.31. The summed E-state index contributed by atoms with van der Waals surface area (Å²) in [6.45, 7) is 5.11. The van der Waals surface area contributed by atoms with Crippen molar-refractivity contribution < 1.29 is 28.8 Å². The summed E-state index contributed by atoms with van der Waals surface area (Å²) in [5.74, 6) is 0. The fourth-order valence-electron chi connectivity index (χ4n) is 4.45. The number of benzene rings is 3. The summed E-state index contributed by atoms with van der Waals surface area (Å²) in [6.07, 6.45) is 0.453. The van der Waals surface area contributed by atoms with Gasteiger partial charge in [0.2, 0.25) is 0 Å². The first-order valence-electron chi connectivity index (χ1n) is 13.2. The zero-order chi connectivity index (χ0) is 26.4. The molecule has 0 radical (unpaired) electrons. The Balaban J connectivity index is 1.58. The van der Waals surface area contributed by atoms with Gasteiger partial charge in [-0.25, -0.2) is 0 Å². The normalized spacial score (nSPS) is 23.2. The Hall–Kier alpha value is -2.84. The average molecular weight is 519 g/mol. The summed E-state index contributed by atoms with van der Waals surface area (Å²) in [7, 11) is 0. The van der Waals surface area contributed by atoms with Crippen LogP contribution in [0.15, 0.2) is 104 Å². The number of hydrogen-bond donors (Lipinski definition) is 1. The summed E-state index contributed by atoms with van der Waals surface area (Å²) in [5.41, 5.74) is 3.09. The lowest BCUT2D eigenvalue weighted by Crippen LogP contribution is -2.61. The van der Waals surface area contributed by atoms with Gasteiger partial charge in [-0.2, -0.15) is 0 Å². The Bertz CT molecular complexity index is 1050. The topological polar surface area (TPSA) is 66.4 Å². The third-order valence-corrected chi connectivity index (χ3v) is 6.46. The zero-order valence-corrected chi connectivity index (χ0v) is 21.8. The van der Waals surface area contributed by atoms with Crippen molar-refractivity contribution in [3.8, 4) is 0 Å². The van der Waals surface area contributed by atoms with Gasteiger partial charge in [-0.3, -0.25) is 0 Å². The molecule has 202 valence electrons. The molecule has 0 saturated carbocycles. The molecule has 0 spiro atoms. The van der Waals surface area contributed by atoms with Crippen molar-refractivity contribution >= 4 is 0 Å². The van der Waals surface area contributed by atoms with E-state index in [0.717, 1.165) is 29.5 Å². The second-order valence-corrected chi connectivity index (χ2v) is 9.31. The summed E-state index contributed by atoms with van der Waals surface area (Å²) in [5, 5.41) is 10.3. The van der Waals surface area contributed by atoms with Crippen molar-refractivity contribution in [1.29, 1.82) is 0 Å². The predicted molar refractivity (Wildman–Crippen MR) is 146 cm³/mol. The molecule has 1 aliphatic heterocycles. The first-order valence-corrected chi connectivity index (χ1v) is 13.2. The largest absolute Gasteiger partial charge is 0.394 e. The standard InChI is InChI=1S/C32H38O6/c1-2-3-13-20-34-32-31(37-24-27-18-11-6-12-19-27)30(36-23-26-16-9-5-10-17-26)29(28(21-33)38-32)35-22-25-14-7-4-8-15-25/h2,4-12,14-19,28-33H,1,3,13,20-24H2/t28-,29-,30+,31+,32+/m1/s1. The molecule has 0 aromatic heterocycles. The first-order chi connectivity index (χ1) is 18.8. The van der Waals surface area contributed by atoms with E-state index in [9.17, 15) is 5.11 Å². The molecule has 3 aromatic rings. The second kappa shape index (κ2) is 15.5. The van der Waals surface area contributed by atoms with Gasteiger partial charge in [0.25, 0.3) is 0 Å². The van der Waals surface area contributed by atoms with E-state index >= 15 is 0 Å². The molecular formula is C32H38O6. The van der Waals surface area contributed by atoms with Crippen molar-refractivity contribution in [1.82, 2.24) is 0 Å². The number of ether oxygens (including phenoxy) is 5. The molecule has 1 heterocycles. The Labute approximate surface area is 225 Å². The Morgan fingerprint density at radius 1 is 0.658 bits per heavy atom. The van der Waals surface area contributed by atoms with E-state index in [0.29, 0.717) is 26.4 Å². The fraction of sp³-hybridized carbons (Fsp3) is 0.375. The number of aliphatic hydroxyl groups excluding tert-OH is 1. The van der Waals surface area contributed by atoms with Crippen LogP contribution >= 0.6 is 0 Å². The molecule has 1 fully saturated rings. The number of unbranched alkanes of at least 4 members (excludes halogenated alkanes) is 1. The molecule has 6 heteroatoms. The number of allylic oxidation sites excluding steroid dienone is 1. The highest BCUT2D eigenvalue weighted by Crippen LogP contribution is 2.31. The minimum Gasteiger partial charge on any atom is -0.394 e. The highest BCUT2D eigenvalue weighted by Gasteiger charge is 2.48. The lowest BCUT2D eigenvalue weighted by molar-refractivity contribution is -0.326. The van der Waals surface area contributed by atoms with E-state index in [4.69, 9.17) is 23.7 Å². The van der Waals surface area contributed by atoms with Gasteiger partial charge in [-0.1, -0.05) is 97.1 Å². The first kappa shape index (κ1) is 28.2. The van der Waals surface area contributed by atoms with Gasteiger partial charge in [0, 0.05) is 0 Å². The third kappa shape index (κ3) is 8.33. The maximum Gasteiger partial charge on any atom is 0.186 e. The maximum atomic E-state index is 10.3. The molecule has 0 aliphatic carbocycles. The average Bonchev–Trinajstić information content (AvgIpc) is 2.98. The molecule has 0 amide bonds. The van der Waals surface area contributed by atoms with E-state index in [2.05, 4.69) is 6.58 Å². The summed E-state index contributed by atoms with van der Waals surface area (Å²) < 4.78 is 31.8. The zero-order valence-electron chi connectivity index (χ0n) is 21.8. The SMILES string of the molecule is C=CCCCO[C@H]1O[C@H](CO)[C@@H](OCc2ccccc2)[C@H](OCc2ccccc2)[C@@H]1OCc1ccccc1. The van der Waals surface area contributed by atoms with Crippen molar-refractivity contribution in [2.75, 3.05) is 13.2 Å². The number of aliphatic hydroxyl groups is 1. The van der Waals surface area contributed by atoms with Crippen LogP contribution in [-0.4, -0.2) is 49.0 Å². The van der Waals surface area contributed by atoms with Crippen LogP contribution in [0.2, 0.25) is 0 Å². The molecule has 4 rings (SSSR count). The lowest BCUT2D eigenvalue weighted by atomic mass is 9.98. The van der Waals surface area contributed by atoms with Crippen LogP contribution in [0.5, 0.6) is 0 Å². The van der Waals surface area contributed by atoms with Crippen LogP contribution in [0, 0.1) is 0 Å². The van der Waals surface area contributed by atoms with Gasteiger partial charge in [0.05, 0.1) is 33.0 Å². The van der Waals surface area contributed by atoms with E-state index < -0.39 is 30.7 Å². The van der Waals surface area contributed by atoms with E-state index in [1.165, 1.54) is 0 Å². The molecule has 5 atom stereocenters. The van der Waals surface area contributed by atoms with Crippen LogP contribution in [0.3, 0.4) is 0 Å². The minimum absolute atomic E-state index is 0.234. The monoisotopic (exact) mass is 518 g/mol. The van der Waals surface area contributed by atoms with Crippen molar-refractivity contribution in [2.45, 2.75) is 63.4 Å². The quantitative estimate of drug-likeness (QED) is 0.213. The molecule has 0 unspecified atom stereocenters. The highest BCUT2D eigenvalue weighted by molar-refractivity contribution is 5.15. The van der Waals surface area contributed by atoms with Gasteiger partial charge < -0.3 is 28.8 Å². The molecular weight excluding hydrogens is 480 g/mol. The molecule has 38 heavy (non-hydrogen) atoms. The smallest absolute Gasteiger partial charge is 0.186 e.